The Balaban J connectivity index is 5.39. The number of ether oxygens (including phenoxy) is 1. The summed E-state index contributed by atoms with van der Waals surface area (Å²) in [5.74, 6) is -1.62. The number of hydrogen-bond donors (Lipinski definition) is 0. The second kappa shape index (κ2) is 9.05. The van der Waals surface area contributed by atoms with Crippen molar-refractivity contribution in [1.82, 2.24) is 0 Å². The number of nitro groups is 1. The van der Waals surface area contributed by atoms with Crippen molar-refractivity contribution < 1.29 is 28.1 Å². The largest absolute Gasteiger partial charge is 0.465 e. The Morgan fingerprint density at radius 2 is 1.70 bits per heavy atom. The van der Waals surface area contributed by atoms with Crippen LogP contribution in [-0.4, -0.2) is 42.9 Å². The molecule has 8 nitrogen and oxygen atoms in total. The van der Waals surface area contributed by atoms with E-state index in [1.807, 2.05) is 0 Å². The molecule has 0 aromatic rings. The van der Waals surface area contributed by atoms with Gasteiger partial charge in [0.1, 0.15) is 0 Å². The summed E-state index contributed by atoms with van der Waals surface area (Å²) in [5.41, 5.74) is -1.30. The van der Waals surface area contributed by atoms with Gasteiger partial charge in [-0.3, -0.25) is 19.5 Å². The van der Waals surface area contributed by atoms with Gasteiger partial charge in [0.15, 0.2) is 5.66 Å². The summed E-state index contributed by atoms with van der Waals surface area (Å²) in [7, 11) is -3.81. The molecule has 118 valence electrons. The predicted octanol–water partition coefficient (Wildman–Crippen LogP) is 2.10. The molecule has 0 radical (unpaired) electrons. The topological polar surface area (TPSA) is 105 Å². The molecule has 0 aromatic heterocycles. The van der Waals surface area contributed by atoms with Crippen molar-refractivity contribution in [1.29, 1.82) is 0 Å². The molecule has 0 aromatic carbocycles. The number of rotatable bonds is 10. The van der Waals surface area contributed by atoms with E-state index in [-0.39, 0.29) is 19.8 Å². The summed E-state index contributed by atoms with van der Waals surface area (Å²) in [4.78, 5) is 22.0. The fraction of sp³-hybridized carbons (Fsp3) is 0.909. The van der Waals surface area contributed by atoms with E-state index in [1.165, 1.54) is 6.92 Å². The highest BCUT2D eigenvalue weighted by molar-refractivity contribution is 7.55. The number of carbonyl (C=O) groups is 1. The first kappa shape index (κ1) is 19.0. The highest BCUT2D eigenvalue weighted by atomic mass is 31.2. The standard InChI is InChI=1S/C11H22NO7P/c1-5-17-11(13)10(9(4)8-12(14)15)20(16,18-6-2)19-7-3/h9-10H,5-8H2,1-4H3. The smallest absolute Gasteiger partial charge is 0.345 e. The lowest BCUT2D eigenvalue weighted by atomic mass is 10.1. The molecule has 0 aliphatic heterocycles. The quantitative estimate of drug-likeness (QED) is 0.263. The van der Waals surface area contributed by atoms with Gasteiger partial charge in [-0.15, -0.1) is 0 Å². The van der Waals surface area contributed by atoms with E-state index in [2.05, 4.69) is 0 Å². The van der Waals surface area contributed by atoms with Crippen LogP contribution in [-0.2, 0) is 23.1 Å². The molecule has 0 aliphatic rings. The molecule has 9 heteroatoms. The van der Waals surface area contributed by atoms with E-state index < -0.39 is 36.6 Å². The normalized spacial score (nSPS) is 14.6. The van der Waals surface area contributed by atoms with Gasteiger partial charge in [0.05, 0.1) is 19.8 Å². The lowest BCUT2D eigenvalue weighted by Gasteiger charge is -2.27. The summed E-state index contributed by atoms with van der Waals surface area (Å²) < 4.78 is 27.8. The van der Waals surface area contributed by atoms with E-state index in [0.717, 1.165) is 0 Å². The van der Waals surface area contributed by atoms with Crippen molar-refractivity contribution in [2.75, 3.05) is 26.4 Å². The van der Waals surface area contributed by atoms with Gasteiger partial charge in [-0.1, -0.05) is 6.92 Å². The maximum atomic E-state index is 12.7. The first-order chi connectivity index (χ1) is 9.32. The fourth-order valence-electron chi connectivity index (χ4n) is 1.79. The summed E-state index contributed by atoms with van der Waals surface area (Å²) in [6, 6.07) is 0. The lowest BCUT2D eigenvalue weighted by molar-refractivity contribution is -0.487. The van der Waals surface area contributed by atoms with Gasteiger partial charge in [-0.05, 0) is 20.8 Å². The van der Waals surface area contributed by atoms with E-state index in [4.69, 9.17) is 13.8 Å². The van der Waals surface area contributed by atoms with Crippen LogP contribution in [0.25, 0.3) is 0 Å². The molecule has 0 N–H and O–H groups in total. The van der Waals surface area contributed by atoms with Crippen LogP contribution in [0.4, 0.5) is 0 Å². The maximum absolute atomic E-state index is 12.7. The Morgan fingerprint density at radius 1 is 1.20 bits per heavy atom. The molecular weight excluding hydrogens is 289 g/mol. The second-order valence-electron chi connectivity index (χ2n) is 4.06. The summed E-state index contributed by atoms with van der Waals surface area (Å²) >= 11 is 0. The molecular formula is C11H22NO7P. The minimum Gasteiger partial charge on any atom is -0.465 e. The van der Waals surface area contributed by atoms with E-state index in [9.17, 15) is 19.5 Å². The van der Waals surface area contributed by atoms with Crippen LogP contribution >= 0.6 is 7.60 Å². The molecule has 20 heavy (non-hydrogen) atoms. The van der Waals surface area contributed by atoms with Crippen molar-refractivity contribution in [2.45, 2.75) is 33.4 Å². The summed E-state index contributed by atoms with van der Waals surface area (Å²) in [5, 5.41) is 10.6. The minimum absolute atomic E-state index is 0.0678. The average Bonchev–Trinajstić information content (AvgIpc) is 2.28. The van der Waals surface area contributed by atoms with Crippen LogP contribution in [0.1, 0.15) is 27.7 Å². The number of esters is 1. The summed E-state index contributed by atoms with van der Waals surface area (Å²) in [6.45, 7) is 5.95. The molecule has 0 saturated carbocycles. The Labute approximate surface area is 118 Å². The fourth-order valence-corrected chi connectivity index (χ4v) is 3.96. The summed E-state index contributed by atoms with van der Waals surface area (Å²) in [6.07, 6.45) is 0. The molecule has 2 unspecified atom stereocenters. The molecule has 0 amide bonds. The van der Waals surface area contributed by atoms with E-state index in [0.29, 0.717) is 0 Å². The van der Waals surface area contributed by atoms with Crippen molar-refractivity contribution in [3.8, 4) is 0 Å². The molecule has 2 atom stereocenters. The van der Waals surface area contributed by atoms with Gasteiger partial charge in [-0.2, -0.15) is 0 Å². The van der Waals surface area contributed by atoms with E-state index in [1.54, 1.807) is 20.8 Å². The SMILES string of the molecule is CCOC(=O)C(C(C)C[N+](=O)[O-])P(=O)(OCC)OCC. The minimum atomic E-state index is -3.81. The van der Waals surface area contributed by atoms with E-state index >= 15 is 0 Å². The zero-order valence-corrected chi connectivity index (χ0v) is 13.1. The Bertz CT molecular complexity index is 364. The highest BCUT2D eigenvalue weighted by Crippen LogP contribution is 2.55. The molecule has 0 spiro atoms. The first-order valence-corrected chi connectivity index (χ1v) is 8.10. The zero-order chi connectivity index (χ0) is 15.8. The molecule has 0 aliphatic carbocycles. The predicted molar refractivity (Wildman–Crippen MR) is 72.3 cm³/mol. The van der Waals surface area contributed by atoms with Gasteiger partial charge in [-0.25, -0.2) is 0 Å². The molecule has 0 heterocycles. The molecule has 0 bridgehead atoms. The molecule has 0 saturated heterocycles. The highest BCUT2D eigenvalue weighted by Gasteiger charge is 2.47. The number of hydrogen-bond acceptors (Lipinski definition) is 7. The third-order valence-corrected chi connectivity index (χ3v) is 5.10. The Morgan fingerprint density at radius 3 is 2.05 bits per heavy atom. The van der Waals surface area contributed by atoms with Crippen LogP contribution in [0, 0.1) is 16.0 Å². The van der Waals surface area contributed by atoms with Crippen LogP contribution < -0.4 is 0 Å². The van der Waals surface area contributed by atoms with Gasteiger partial charge in [0, 0.05) is 10.8 Å². The lowest BCUT2D eigenvalue weighted by Crippen LogP contribution is -2.35. The maximum Gasteiger partial charge on any atom is 0.345 e. The number of nitrogens with zero attached hydrogens (tertiary/aromatic N) is 1. The first-order valence-electron chi connectivity index (χ1n) is 6.49. The van der Waals surface area contributed by atoms with Gasteiger partial charge >= 0.3 is 13.6 Å². The van der Waals surface area contributed by atoms with Gasteiger partial charge in [0.2, 0.25) is 6.54 Å². The van der Waals surface area contributed by atoms with Crippen molar-refractivity contribution in [2.24, 2.45) is 5.92 Å². The average molecular weight is 311 g/mol. The third-order valence-electron chi connectivity index (χ3n) is 2.46. The van der Waals surface area contributed by atoms with Crippen molar-refractivity contribution in [3.63, 3.8) is 0 Å². The monoisotopic (exact) mass is 311 g/mol. The van der Waals surface area contributed by atoms with Crippen LogP contribution in [0.15, 0.2) is 0 Å². The van der Waals surface area contributed by atoms with Crippen molar-refractivity contribution in [3.05, 3.63) is 10.1 Å². The Hall–Kier alpha value is -0.980. The molecule has 0 fully saturated rings. The molecule has 0 rings (SSSR count). The Kier molecular flexibility index (Phi) is 8.60. The van der Waals surface area contributed by atoms with Gasteiger partial charge < -0.3 is 13.8 Å². The van der Waals surface area contributed by atoms with Crippen LogP contribution in [0.5, 0.6) is 0 Å². The number of carbonyl (C=O) groups excluding carboxylic acids is 1. The second-order valence-corrected chi connectivity index (χ2v) is 6.22. The third kappa shape index (κ3) is 5.56. The zero-order valence-electron chi connectivity index (χ0n) is 12.2. The van der Waals surface area contributed by atoms with Crippen molar-refractivity contribution >= 4 is 13.6 Å². The van der Waals surface area contributed by atoms with Gasteiger partial charge in [0.25, 0.3) is 0 Å². The van der Waals surface area contributed by atoms with Crippen LogP contribution in [0.2, 0.25) is 0 Å². The van der Waals surface area contributed by atoms with Crippen LogP contribution in [0.3, 0.4) is 0 Å².